The van der Waals surface area contributed by atoms with Gasteiger partial charge in [-0.15, -0.1) is 11.8 Å². The molecule has 1 atom stereocenters. The van der Waals surface area contributed by atoms with Gasteiger partial charge in [-0.25, -0.2) is 4.98 Å². The van der Waals surface area contributed by atoms with Crippen LogP contribution in [-0.2, 0) is 6.42 Å². The van der Waals surface area contributed by atoms with Crippen molar-refractivity contribution in [3.63, 3.8) is 0 Å². The third-order valence-corrected chi connectivity index (χ3v) is 4.27. The zero-order chi connectivity index (χ0) is 11.8. The van der Waals surface area contributed by atoms with E-state index in [0.29, 0.717) is 0 Å². The molecule has 2 aromatic rings. The van der Waals surface area contributed by atoms with Crippen molar-refractivity contribution in [1.82, 2.24) is 4.98 Å². The van der Waals surface area contributed by atoms with Crippen molar-refractivity contribution in [3.05, 3.63) is 35.5 Å². The van der Waals surface area contributed by atoms with E-state index in [-0.39, 0.29) is 6.10 Å². The summed E-state index contributed by atoms with van der Waals surface area (Å²) in [5.41, 5.74) is 3.16. The molecule has 1 aliphatic rings. The first-order valence-electron chi connectivity index (χ1n) is 5.95. The summed E-state index contributed by atoms with van der Waals surface area (Å²) >= 11 is 1.76. The maximum absolute atomic E-state index is 10.1. The molecule has 1 aromatic heterocycles. The first kappa shape index (κ1) is 11.1. The molecule has 0 bridgehead atoms. The minimum absolute atomic E-state index is 0.380. The monoisotopic (exact) mass is 245 g/mol. The maximum Gasteiger partial charge on any atom is 0.0963 e. The summed E-state index contributed by atoms with van der Waals surface area (Å²) in [5, 5.41) is 11.3. The molecule has 0 spiro atoms. The van der Waals surface area contributed by atoms with Crippen molar-refractivity contribution in [2.24, 2.45) is 0 Å². The lowest BCUT2D eigenvalue weighted by atomic mass is 9.92. The van der Waals surface area contributed by atoms with Crippen LogP contribution in [0, 0.1) is 0 Å². The molecule has 0 amide bonds. The Morgan fingerprint density at radius 1 is 1.35 bits per heavy atom. The van der Waals surface area contributed by atoms with Crippen molar-refractivity contribution in [2.45, 2.75) is 30.3 Å². The molecular weight excluding hydrogens is 230 g/mol. The fourth-order valence-corrected chi connectivity index (χ4v) is 3.44. The number of thioether (sulfide) groups is 1. The highest BCUT2D eigenvalue weighted by atomic mass is 32.2. The lowest BCUT2D eigenvalue weighted by Crippen LogP contribution is -2.13. The lowest BCUT2D eigenvalue weighted by molar-refractivity contribution is 0.151. The van der Waals surface area contributed by atoms with E-state index in [4.69, 9.17) is 0 Å². The molecule has 2 nitrogen and oxygen atoms in total. The van der Waals surface area contributed by atoms with E-state index < -0.39 is 0 Å². The summed E-state index contributed by atoms with van der Waals surface area (Å²) < 4.78 is 0. The van der Waals surface area contributed by atoms with E-state index in [1.165, 1.54) is 15.8 Å². The average molecular weight is 245 g/mol. The molecule has 3 rings (SSSR count). The molecule has 17 heavy (non-hydrogen) atoms. The lowest BCUT2D eigenvalue weighted by Gasteiger charge is -2.23. The standard InChI is InChI=1S/C14H15NOS/c1-17-14-9-5-2-3-7-11(9)15-13-10(14)6-4-8-12(13)16/h2-3,5,7,12,16H,4,6,8H2,1H3. The second-order valence-electron chi connectivity index (χ2n) is 4.43. The molecule has 1 N–H and O–H groups in total. The van der Waals surface area contributed by atoms with Crippen molar-refractivity contribution in [3.8, 4) is 0 Å². The number of pyridine rings is 1. The van der Waals surface area contributed by atoms with Crippen LogP contribution in [0.15, 0.2) is 29.2 Å². The fourth-order valence-electron chi connectivity index (χ4n) is 2.60. The Kier molecular flexibility index (Phi) is 2.81. The molecule has 0 saturated carbocycles. The molecule has 1 heterocycles. The second kappa shape index (κ2) is 4.31. The maximum atomic E-state index is 10.1. The van der Waals surface area contributed by atoms with E-state index in [1.807, 2.05) is 12.1 Å². The van der Waals surface area contributed by atoms with Gasteiger partial charge in [0.15, 0.2) is 0 Å². The summed E-state index contributed by atoms with van der Waals surface area (Å²) in [6.07, 6.45) is 4.66. The fraction of sp³-hybridized carbons (Fsp3) is 0.357. The van der Waals surface area contributed by atoms with Crippen LogP contribution in [0.2, 0.25) is 0 Å². The molecule has 0 saturated heterocycles. The van der Waals surface area contributed by atoms with Gasteiger partial charge in [0.25, 0.3) is 0 Å². The van der Waals surface area contributed by atoms with Gasteiger partial charge in [0, 0.05) is 10.3 Å². The van der Waals surface area contributed by atoms with Gasteiger partial charge in [-0.1, -0.05) is 18.2 Å². The molecule has 3 heteroatoms. The van der Waals surface area contributed by atoms with E-state index in [9.17, 15) is 5.11 Å². The first-order valence-corrected chi connectivity index (χ1v) is 7.17. The normalized spacial score (nSPS) is 19.3. The van der Waals surface area contributed by atoms with Crippen LogP contribution >= 0.6 is 11.8 Å². The Morgan fingerprint density at radius 3 is 3.00 bits per heavy atom. The van der Waals surface area contributed by atoms with Gasteiger partial charge in [-0.3, -0.25) is 0 Å². The molecule has 1 unspecified atom stereocenters. The van der Waals surface area contributed by atoms with Gasteiger partial charge in [0.05, 0.1) is 17.3 Å². The Labute approximate surface area is 105 Å². The zero-order valence-electron chi connectivity index (χ0n) is 9.81. The predicted molar refractivity (Wildman–Crippen MR) is 71.4 cm³/mol. The molecular formula is C14H15NOS. The van der Waals surface area contributed by atoms with Crippen molar-refractivity contribution in [1.29, 1.82) is 0 Å². The summed E-state index contributed by atoms with van der Waals surface area (Å²) in [7, 11) is 0. The molecule has 0 aliphatic heterocycles. The van der Waals surface area contributed by atoms with Crippen molar-refractivity contribution in [2.75, 3.05) is 6.26 Å². The number of aliphatic hydroxyl groups is 1. The van der Waals surface area contributed by atoms with Gasteiger partial charge in [0.1, 0.15) is 0 Å². The number of aromatic nitrogens is 1. The topological polar surface area (TPSA) is 33.1 Å². The van der Waals surface area contributed by atoms with Crippen LogP contribution in [0.3, 0.4) is 0 Å². The third-order valence-electron chi connectivity index (χ3n) is 3.40. The molecule has 1 aromatic carbocycles. The highest BCUT2D eigenvalue weighted by Crippen LogP contribution is 2.38. The van der Waals surface area contributed by atoms with E-state index in [1.54, 1.807) is 11.8 Å². The number of fused-ring (bicyclic) bond motifs is 2. The molecule has 88 valence electrons. The number of para-hydroxylation sites is 1. The highest BCUT2D eigenvalue weighted by molar-refractivity contribution is 7.98. The van der Waals surface area contributed by atoms with E-state index >= 15 is 0 Å². The first-order chi connectivity index (χ1) is 8.31. The molecule has 1 aliphatic carbocycles. The van der Waals surface area contributed by atoms with Gasteiger partial charge in [0.2, 0.25) is 0 Å². The van der Waals surface area contributed by atoms with Gasteiger partial charge >= 0.3 is 0 Å². The second-order valence-corrected chi connectivity index (χ2v) is 5.25. The van der Waals surface area contributed by atoms with Crippen LogP contribution in [0.25, 0.3) is 10.9 Å². The summed E-state index contributed by atoms with van der Waals surface area (Å²) in [5.74, 6) is 0. The highest BCUT2D eigenvalue weighted by Gasteiger charge is 2.23. The zero-order valence-corrected chi connectivity index (χ0v) is 10.6. The number of hydrogen-bond acceptors (Lipinski definition) is 3. The van der Waals surface area contributed by atoms with Gasteiger partial charge < -0.3 is 5.11 Å². The smallest absolute Gasteiger partial charge is 0.0963 e. The number of nitrogens with zero attached hydrogens (tertiary/aromatic N) is 1. The SMILES string of the molecule is CSc1c2c(nc3ccccc13)C(O)CCC2. The minimum Gasteiger partial charge on any atom is -0.387 e. The largest absolute Gasteiger partial charge is 0.387 e. The van der Waals surface area contributed by atoms with Crippen molar-refractivity contribution < 1.29 is 5.11 Å². The van der Waals surface area contributed by atoms with E-state index in [2.05, 4.69) is 23.4 Å². The number of benzene rings is 1. The predicted octanol–water partition coefficient (Wildman–Crippen LogP) is 3.33. The minimum atomic E-state index is -0.380. The summed E-state index contributed by atoms with van der Waals surface area (Å²) in [6, 6.07) is 8.20. The molecule has 0 radical (unpaired) electrons. The van der Waals surface area contributed by atoms with Gasteiger partial charge in [-0.05, 0) is 37.1 Å². The average Bonchev–Trinajstić information content (AvgIpc) is 2.37. The van der Waals surface area contributed by atoms with E-state index in [0.717, 1.165) is 30.5 Å². The number of aliphatic hydroxyl groups excluding tert-OH is 1. The van der Waals surface area contributed by atoms with Crippen molar-refractivity contribution >= 4 is 22.7 Å². The van der Waals surface area contributed by atoms with Crippen LogP contribution < -0.4 is 0 Å². The number of rotatable bonds is 1. The number of hydrogen-bond donors (Lipinski definition) is 1. The Bertz CT molecular complexity index is 567. The Morgan fingerprint density at radius 2 is 2.18 bits per heavy atom. The Hall–Kier alpha value is -1.06. The molecule has 0 fully saturated rings. The Balaban J connectivity index is 2.36. The van der Waals surface area contributed by atoms with Crippen LogP contribution in [0.4, 0.5) is 0 Å². The van der Waals surface area contributed by atoms with Gasteiger partial charge in [-0.2, -0.15) is 0 Å². The van der Waals surface area contributed by atoms with Crippen LogP contribution in [-0.4, -0.2) is 16.3 Å². The third kappa shape index (κ3) is 1.74. The summed E-state index contributed by atoms with van der Waals surface area (Å²) in [6.45, 7) is 0. The van der Waals surface area contributed by atoms with Crippen LogP contribution in [0.5, 0.6) is 0 Å². The quantitative estimate of drug-likeness (QED) is 0.782. The summed E-state index contributed by atoms with van der Waals surface area (Å²) in [4.78, 5) is 5.94. The van der Waals surface area contributed by atoms with Crippen LogP contribution in [0.1, 0.15) is 30.2 Å².